The van der Waals surface area contributed by atoms with Crippen molar-refractivity contribution in [3.63, 3.8) is 0 Å². The van der Waals surface area contributed by atoms with Crippen molar-refractivity contribution in [3.05, 3.63) is 41.5 Å². The van der Waals surface area contributed by atoms with Gasteiger partial charge in [-0.15, -0.1) is 0 Å². The molecular weight excluding hydrogens is 353 g/mol. The smallest absolute Gasteiger partial charge is 0.237 e. The molecule has 0 aliphatic rings. The summed E-state index contributed by atoms with van der Waals surface area (Å²) in [7, 11) is 0. The number of benzene rings is 1. The maximum atomic E-state index is 13.6. The lowest BCUT2D eigenvalue weighted by Gasteiger charge is -2.14. The molecular formula is C14H12F5N3OS. The number of anilines is 1. The van der Waals surface area contributed by atoms with E-state index >= 15 is 0 Å². The second kappa shape index (κ2) is 7.20. The van der Waals surface area contributed by atoms with Crippen LogP contribution in [0.4, 0.5) is 27.6 Å². The standard InChI is InChI=1S/C14H12F5N3OS/c1-3-22-5-4-20-14(22)24-6(2)13(23)21-12-10(18)8(16)7(15)9(17)11(12)19/h4-6H,3H2,1-2H3,(H,21,23). The highest BCUT2D eigenvalue weighted by Crippen LogP contribution is 2.28. The Bertz CT molecular complexity index is 751. The molecule has 10 heteroatoms. The number of hydrogen-bond acceptors (Lipinski definition) is 3. The fourth-order valence-electron chi connectivity index (χ4n) is 1.81. The first kappa shape index (κ1) is 18.2. The van der Waals surface area contributed by atoms with Crippen molar-refractivity contribution >= 4 is 23.4 Å². The van der Waals surface area contributed by atoms with Crippen LogP contribution in [0.3, 0.4) is 0 Å². The summed E-state index contributed by atoms with van der Waals surface area (Å²) in [6.45, 7) is 3.86. The largest absolute Gasteiger partial charge is 0.326 e. The fraction of sp³-hybridized carbons (Fsp3) is 0.286. The lowest BCUT2D eigenvalue weighted by atomic mass is 10.2. The van der Waals surface area contributed by atoms with Crippen LogP contribution in [0.5, 0.6) is 0 Å². The predicted octanol–water partition coefficient (Wildman–Crippen LogP) is 3.72. The minimum Gasteiger partial charge on any atom is -0.326 e. The number of carbonyl (C=O) groups is 1. The summed E-state index contributed by atoms with van der Waals surface area (Å²) >= 11 is 0.985. The van der Waals surface area contributed by atoms with Crippen molar-refractivity contribution in [3.8, 4) is 0 Å². The number of aromatic nitrogens is 2. The van der Waals surface area contributed by atoms with Gasteiger partial charge < -0.3 is 9.88 Å². The summed E-state index contributed by atoms with van der Waals surface area (Å²) in [5.74, 6) is -11.6. The number of imidazole rings is 1. The second-order valence-electron chi connectivity index (χ2n) is 4.69. The minimum atomic E-state index is -2.28. The number of aryl methyl sites for hydroxylation is 1. The van der Waals surface area contributed by atoms with Gasteiger partial charge in [-0.05, 0) is 13.8 Å². The predicted molar refractivity (Wildman–Crippen MR) is 78.1 cm³/mol. The third-order valence-corrected chi connectivity index (χ3v) is 4.25. The Kier molecular flexibility index (Phi) is 5.47. The van der Waals surface area contributed by atoms with E-state index in [0.717, 1.165) is 11.8 Å². The SMILES string of the molecule is CCn1ccnc1SC(C)C(=O)Nc1c(F)c(F)c(F)c(F)c1F. The zero-order valence-electron chi connectivity index (χ0n) is 12.5. The van der Waals surface area contributed by atoms with E-state index in [0.29, 0.717) is 11.7 Å². The van der Waals surface area contributed by atoms with Crippen molar-refractivity contribution in [1.29, 1.82) is 0 Å². The molecule has 0 aliphatic carbocycles. The van der Waals surface area contributed by atoms with Gasteiger partial charge in [-0.1, -0.05) is 11.8 Å². The number of carbonyl (C=O) groups excluding carboxylic acids is 1. The van der Waals surface area contributed by atoms with E-state index in [1.165, 1.54) is 13.1 Å². The Hall–Kier alpha value is -2.10. The highest BCUT2D eigenvalue weighted by atomic mass is 32.2. The third-order valence-electron chi connectivity index (χ3n) is 3.13. The maximum Gasteiger partial charge on any atom is 0.237 e. The fourth-order valence-corrected chi connectivity index (χ4v) is 2.73. The number of amides is 1. The molecule has 1 N–H and O–H groups in total. The van der Waals surface area contributed by atoms with Crippen molar-refractivity contribution < 1.29 is 26.7 Å². The van der Waals surface area contributed by atoms with Crippen LogP contribution in [0.15, 0.2) is 17.6 Å². The number of hydrogen-bond donors (Lipinski definition) is 1. The van der Waals surface area contributed by atoms with Crippen molar-refractivity contribution in [2.75, 3.05) is 5.32 Å². The van der Waals surface area contributed by atoms with E-state index < -0.39 is 45.9 Å². The summed E-state index contributed by atoms with van der Waals surface area (Å²) in [5, 5.41) is 1.35. The highest BCUT2D eigenvalue weighted by Gasteiger charge is 2.28. The lowest BCUT2D eigenvalue weighted by Crippen LogP contribution is -2.25. The molecule has 4 nitrogen and oxygen atoms in total. The Morgan fingerprint density at radius 3 is 2.25 bits per heavy atom. The quantitative estimate of drug-likeness (QED) is 0.380. The Balaban J connectivity index is 2.21. The molecule has 1 atom stereocenters. The first-order valence-corrected chi connectivity index (χ1v) is 7.65. The topological polar surface area (TPSA) is 46.9 Å². The van der Waals surface area contributed by atoms with E-state index in [9.17, 15) is 26.7 Å². The first-order valence-electron chi connectivity index (χ1n) is 6.78. The van der Waals surface area contributed by atoms with E-state index in [2.05, 4.69) is 4.98 Å². The monoisotopic (exact) mass is 365 g/mol. The Morgan fingerprint density at radius 1 is 1.17 bits per heavy atom. The normalized spacial score (nSPS) is 12.3. The molecule has 130 valence electrons. The van der Waals surface area contributed by atoms with Crippen LogP contribution >= 0.6 is 11.8 Å². The van der Waals surface area contributed by atoms with Crippen LogP contribution < -0.4 is 5.32 Å². The van der Waals surface area contributed by atoms with Gasteiger partial charge in [0.05, 0.1) is 5.25 Å². The highest BCUT2D eigenvalue weighted by molar-refractivity contribution is 8.00. The first-order chi connectivity index (χ1) is 11.3. The number of nitrogens with zero attached hydrogens (tertiary/aromatic N) is 2. The summed E-state index contributed by atoms with van der Waals surface area (Å²) in [6, 6.07) is 0. The Morgan fingerprint density at radius 2 is 1.71 bits per heavy atom. The van der Waals surface area contributed by atoms with Crippen molar-refractivity contribution in [2.45, 2.75) is 30.8 Å². The average molecular weight is 365 g/mol. The van der Waals surface area contributed by atoms with Crippen LogP contribution in [0, 0.1) is 29.1 Å². The molecule has 0 saturated heterocycles. The van der Waals surface area contributed by atoms with Gasteiger partial charge in [0.15, 0.2) is 28.4 Å². The van der Waals surface area contributed by atoms with Gasteiger partial charge in [0, 0.05) is 18.9 Å². The molecule has 0 bridgehead atoms. The van der Waals surface area contributed by atoms with Crippen molar-refractivity contribution in [1.82, 2.24) is 9.55 Å². The number of nitrogens with one attached hydrogen (secondary N) is 1. The van der Waals surface area contributed by atoms with Crippen LogP contribution in [-0.2, 0) is 11.3 Å². The second-order valence-corrected chi connectivity index (χ2v) is 6.00. The number of thioether (sulfide) groups is 1. The molecule has 0 saturated carbocycles. The molecule has 1 aromatic heterocycles. The van der Waals surface area contributed by atoms with E-state index in [1.807, 2.05) is 6.92 Å². The summed E-state index contributed by atoms with van der Waals surface area (Å²) < 4.78 is 68.1. The molecule has 1 unspecified atom stereocenters. The lowest BCUT2D eigenvalue weighted by molar-refractivity contribution is -0.115. The summed E-state index contributed by atoms with van der Waals surface area (Å²) in [6.07, 6.45) is 3.19. The molecule has 1 heterocycles. The van der Waals surface area contributed by atoms with Crippen LogP contribution in [0.1, 0.15) is 13.8 Å². The molecule has 2 aromatic rings. The number of rotatable bonds is 5. The zero-order chi connectivity index (χ0) is 18.0. The molecule has 1 amide bonds. The van der Waals surface area contributed by atoms with Gasteiger partial charge in [0.1, 0.15) is 5.69 Å². The van der Waals surface area contributed by atoms with Crippen LogP contribution in [0.2, 0.25) is 0 Å². The molecule has 24 heavy (non-hydrogen) atoms. The number of halogens is 5. The van der Waals surface area contributed by atoms with Crippen molar-refractivity contribution in [2.24, 2.45) is 0 Å². The van der Waals surface area contributed by atoms with Gasteiger partial charge in [-0.25, -0.2) is 26.9 Å². The summed E-state index contributed by atoms with van der Waals surface area (Å²) in [4.78, 5) is 16.0. The van der Waals surface area contributed by atoms with Gasteiger partial charge in [-0.2, -0.15) is 0 Å². The van der Waals surface area contributed by atoms with E-state index in [4.69, 9.17) is 0 Å². The molecule has 1 aromatic carbocycles. The van der Waals surface area contributed by atoms with Gasteiger partial charge >= 0.3 is 0 Å². The third kappa shape index (κ3) is 3.37. The van der Waals surface area contributed by atoms with Gasteiger partial charge in [-0.3, -0.25) is 4.79 Å². The zero-order valence-corrected chi connectivity index (χ0v) is 13.4. The van der Waals surface area contributed by atoms with Crippen LogP contribution in [0.25, 0.3) is 0 Å². The molecule has 0 spiro atoms. The van der Waals surface area contributed by atoms with Gasteiger partial charge in [0.25, 0.3) is 0 Å². The average Bonchev–Trinajstić information content (AvgIpc) is 3.01. The molecule has 0 radical (unpaired) electrons. The van der Waals surface area contributed by atoms with E-state index in [-0.39, 0.29) is 0 Å². The summed E-state index contributed by atoms with van der Waals surface area (Å²) in [5.41, 5.74) is -1.37. The molecule has 0 fully saturated rings. The molecule has 2 rings (SSSR count). The Labute approximate surface area is 138 Å². The van der Waals surface area contributed by atoms with Gasteiger partial charge in [0.2, 0.25) is 11.7 Å². The minimum absolute atomic E-state index is 0.484. The molecule has 0 aliphatic heterocycles. The van der Waals surface area contributed by atoms with E-state index in [1.54, 1.807) is 16.1 Å². The maximum absolute atomic E-state index is 13.6. The van der Waals surface area contributed by atoms with Crippen LogP contribution in [-0.4, -0.2) is 20.7 Å².